The molecular formula is C14H14N4. The minimum Gasteiger partial charge on any atom is -0.324 e. The normalized spacial score (nSPS) is 12.8. The Hall–Kier alpha value is -2.20. The largest absolute Gasteiger partial charge is 0.324 e. The van der Waals surface area contributed by atoms with E-state index in [1.54, 1.807) is 0 Å². The van der Waals surface area contributed by atoms with Crippen molar-refractivity contribution < 1.29 is 0 Å². The van der Waals surface area contributed by atoms with Gasteiger partial charge in [0.05, 0.1) is 0 Å². The number of rotatable bonds is 2. The monoisotopic (exact) mass is 238 g/mol. The third-order valence-corrected chi connectivity index (χ3v) is 2.99. The van der Waals surface area contributed by atoms with Crippen molar-refractivity contribution in [3.63, 3.8) is 0 Å². The van der Waals surface area contributed by atoms with Crippen LogP contribution in [-0.4, -0.2) is 14.6 Å². The second-order valence-corrected chi connectivity index (χ2v) is 4.37. The predicted molar refractivity (Wildman–Crippen MR) is 71.0 cm³/mol. The summed E-state index contributed by atoms with van der Waals surface area (Å²) in [4.78, 5) is 0. The van der Waals surface area contributed by atoms with Crippen molar-refractivity contribution >= 4 is 5.65 Å². The lowest BCUT2D eigenvalue weighted by molar-refractivity contribution is 0.815. The lowest BCUT2D eigenvalue weighted by Crippen LogP contribution is -2.05. The highest BCUT2D eigenvalue weighted by Crippen LogP contribution is 2.19. The molecule has 1 unspecified atom stereocenters. The molecule has 3 rings (SSSR count). The highest BCUT2D eigenvalue weighted by Gasteiger charge is 2.08. The Kier molecular flexibility index (Phi) is 2.57. The smallest absolute Gasteiger partial charge is 0.168 e. The molecule has 2 heterocycles. The van der Waals surface area contributed by atoms with Gasteiger partial charge in [0.25, 0.3) is 0 Å². The van der Waals surface area contributed by atoms with Crippen molar-refractivity contribution in [3.8, 4) is 11.4 Å². The fraction of sp³-hybridized carbons (Fsp3) is 0.143. The third-order valence-electron chi connectivity index (χ3n) is 2.99. The van der Waals surface area contributed by atoms with Crippen LogP contribution in [0.2, 0.25) is 0 Å². The van der Waals surface area contributed by atoms with Gasteiger partial charge in [-0.05, 0) is 24.6 Å². The second-order valence-electron chi connectivity index (χ2n) is 4.37. The van der Waals surface area contributed by atoms with Gasteiger partial charge in [-0.3, -0.25) is 4.40 Å². The van der Waals surface area contributed by atoms with Crippen molar-refractivity contribution in [2.24, 2.45) is 5.73 Å². The van der Waals surface area contributed by atoms with E-state index in [2.05, 4.69) is 10.2 Å². The van der Waals surface area contributed by atoms with Crippen LogP contribution in [0, 0.1) is 0 Å². The highest BCUT2D eigenvalue weighted by molar-refractivity contribution is 5.59. The van der Waals surface area contributed by atoms with E-state index in [0.717, 1.165) is 22.6 Å². The predicted octanol–water partition coefficient (Wildman–Crippen LogP) is 2.42. The Labute approximate surface area is 105 Å². The van der Waals surface area contributed by atoms with Crippen LogP contribution in [-0.2, 0) is 0 Å². The minimum absolute atomic E-state index is 0.00637. The van der Waals surface area contributed by atoms with Crippen molar-refractivity contribution in [3.05, 3.63) is 54.2 Å². The Bertz CT molecular complexity index is 671. The maximum absolute atomic E-state index is 5.87. The van der Waals surface area contributed by atoms with Gasteiger partial charge in [-0.1, -0.05) is 30.3 Å². The van der Waals surface area contributed by atoms with E-state index >= 15 is 0 Å². The minimum atomic E-state index is 0.00637. The summed E-state index contributed by atoms with van der Waals surface area (Å²) in [6.45, 7) is 1.96. The van der Waals surface area contributed by atoms with Crippen LogP contribution in [0.5, 0.6) is 0 Å². The van der Waals surface area contributed by atoms with Gasteiger partial charge >= 0.3 is 0 Å². The molecule has 0 fully saturated rings. The number of pyridine rings is 1. The first-order valence-corrected chi connectivity index (χ1v) is 5.91. The number of aromatic nitrogens is 3. The Morgan fingerprint density at radius 3 is 2.61 bits per heavy atom. The summed E-state index contributed by atoms with van der Waals surface area (Å²) in [7, 11) is 0. The summed E-state index contributed by atoms with van der Waals surface area (Å²) < 4.78 is 1.97. The maximum atomic E-state index is 5.87. The molecule has 1 aromatic carbocycles. The second kappa shape index (κ2) is 4.23. The number of hydrogen-bond donors (Lipinski definition) is 1. The standard InChI is InChI=1S/C14H14N4/c1-10(15)12-7-8-18-13(9-12)16-17-14(18)11-5-3-2-4-6-11/h2-10H,15H2,1H3. The van der Waals surface area contributed by atoms with Crippen molar-refractivity contribution in [2.45, 2.75) is 13.0 Å². The van der Waals surface area contributed by atoms with E-state index in [1.807, 2.05) is 60.0 Å². The van der Waals surface area contributed by atoms with Crippen LogP contribution >= 0.6 is 0 Å². The van der Waals surface area contributed by atoms with E-state index in [-0.39, 0.29) is 6.04 Å². The molecule has 0 aliphatic carbocycles. The van der Waals surface area contributed by atoms with Gasteiger partial charge in [-0.2, -0.15) is 0 Å². The fourth-order valence-electron chi connectivity index (χ4n) is 1.97. The summed E-state index contributed by atoms with van der Waals surface area (Å²) >= 11 is 0. The van der Waals surface area contributed by atoms with E-state index in [1.165, 1.54) is 0 Å². The first-order valence-electron chi connectivity index (χ1n) is 5.91. The zero-order valence-electron chi connectivity index (χ0n) is 10.1. The molecule has 0 aliphatic heterocycles. The molecule has 2 N–H and O–H groups in total. The quantitative estimate of drug-likeness (QED) is 0.746. The third kappa shape index (κ3) is 1.76. The lowest BCUT2D eigenvalue weighted by Gasteiger charge is -2.05. The van der Waals surface area contributed by atoms with E-state index in [9.17, 15) is 0 Å². The average Bonchev–Trinajstić information content (AvgIpc) is 2.82. The Morgan fingerprint density at radius 2 is 1.89 bits per heavy atom. The topological polar surface area (TPSA) is 56.2 Å². The summed E-state index contributed by atoms with van der Waals surface area (Å²) in [6, 6.07) is 14.0. The highest BCUT2D eigenvalue weighted by atomic mass is 15.2. The van der Waals surface area contributed by atoms with Crippen molar-refractivity contribution in [2.75, 3.05) is 0 Å². The van der Waals surface area contributed by atoms with Crippen LogP contribution in [0.15, 0.2) is 48.7 Å². The molecule has 3 aromatic rings. The summed E-state index contributed by atoms with van der Waals surface area (Å²) in [5.41, 5.74) is 8.81. The van der Waals surface area contributed by atoms with Gasteiger partial charge in [0.1, 0.15) is 0 Å². The SMILES string of the molecule is CC(N)c1ccn2c(-c3ccccc3)nnc2c1. The molecule has 0 saturated carbocycles. The van der Waals surface area contributed by atoms with Gasteiger partial charge in [0.15, 0.2) is 11.5 Å². The molecule has 0 aliphatic rings. The molecule has 4 nitrogen and oxygen atoms in total. The van der Waals surface area contributed by atoms with Gasteiger partial charge in [0.2, 0.25) is 0 Å². The molecule has 90 valence electrons. The van der Waals surface area contributed by atoms with Gasteiger partial charge in [-0.25, -0.2) is 0 Å². The zero-order valence-corrected chi connectivity index (χ0v) is 10.1. The van der Waals surface area contributed by atoms with E-state index in [4.69, 9.17) is 5.73 Å². The molecule has 4 heteroatoms. The molecule has 0 bridgehead atoms. The molecule has 18 heavy (non-hydrogen) atoms. The van der Waals surface area contributed by atoms with E-state index < -0.39 is 0 Å². The summed E-state index contributed by atoms with van der Waals surface area (Å²) in [5.74, 6) is 0.849. The number of nitrogens with two attached hydrogens (primary N) is 1. The van der Waals surface area contributed by atoms with Crippen molar-refractivity contribution in [1.29, 1.82) is 0 Å². The molecular weight excluding hydrogens is 224 g/mol. The molecule has 0 radical (unpaired) electrons. The average molecular weight is 238 g/mol. The number of nitrogens with zero attached hydrogens (tertiary/aromatic N) is 3. The van der Waals surface area contributed by atoms with Crippen molar-refractivity contribution in [1.82, 2.24) is 14.6 Å². The first-order chi connectivity index (χ1) is 8.75. The van der Waals surface area contributed by atoms with Crippen LogP contribution in [0.1, 0.15) is 18.5 Å². The lowest BCUT2D eigenvalue weighted by atomic mass is 10.1. The van der Waals surface area contributed by atoms with Crippen LogP contribution in [0.4, 0.5) is 0 Å². The molecule has 0 amide bonds. The Balaban J connectivity index is 2.16. The maximum Gasteiger partial charge on any atom is 0.168 e. The van der Waals surface area contributed by atoms with Crippen LogP contribution in [0.25, 0.3) is 17.0 Å². The molecule has 0 saturated heterocycles. The summed E-state index contributed by atoms with van der Waals surface area (Å²) in [6.07, 6.45) is 1.97. The molecule has 0 spiro atoms. The molecule has 1 atom stereocenters. The van der Waals surface area contributed by atoms with Crippen LogP contribution in [0.3, 0.4) is 0 Å². The molecule has 2 aromatic heterocycles. The number of fused-ring (bicyclic) bond motifs is 1. The number of benzene rings is 1. The Morgan fingerprint density at radius 1 is 1.11 bits per heavy atom. The fourth-order valence-corrected chi connectivity index (χ4v) is 1.97. The van der Waals surface area contributed by atoms with Gasteiger partial charge < -0.3 is 5.73 Å². The van der Waals surface area contributed by atoms with Gasteiger partial charge in [-0.15, -0.1) is 10.2 Å². The number of hydrogen-bond acceptors (Lipinski definition) is 3. The van der Waals surface area contributed by atoms with Gasteiger partial charge in [0, 0.05) is 17.8 Å². The van der Waals surface area contributed by atoms with Crippen LogP contribution < -0.4 is 5.73 Å². The summed E-state index contributed by atoms with van der Waals surface area (Å²) in [5, 5.41) is 8.43. The first kappa shape index (κ1) is 10.9. The zero-order chi connectivity index (χ0) is 12.5. The van der Waals surface area contributed by atoms with E-state index in [0.29, 0.717) is 0 Å².